The molecule has 0 aromatic heterocycles. The highest BCUT2D eigenvalue weighted by Gasteiger charge is 2.29. The van der Waals surface area contributed by atoms with Crippen molar-refractivity contribution in [2.75, 3.05) is 18.7 Å². The third kappa shape index (κ3) is 6.60. The van der Waals surface area contributed by atoms with Crippen LogP contribution < -0.4 is 30.1 Å². The number of nitrogens with zero attached hydrogens (tertiary/aromatic N) is 1. The number of primary amides is 1. The molecule has 0 fully saturated rings. The van der Waals surface area contributed by atoms with Crippen LogP contribution in [0.5, 0.6) is 11.5 Å². The van der Waals surface area contributed by atoms with Crippen molar-refractivity contribution in [3.63, 3.8) is 0 Å². The highest BCUT2D eigenvalue weighted by Crippen LogP contribution is 2.35. The van der Waals surface area contributed by atoms with Gasteiger partial charge in [-0.2, -0.15) is 0 Å². The topological polar surface area (TPSA) is 157 Å². The standard InChI is InChI=1S/C31H28N4O7S/c1-35(23-15-16-26-27(18-23)42-19-41-26)30(37)25(17-20-7-3-2-4-8-20)33-31(38)34-43(39,40)28-10-6-5-9-24(28)21-11-13-22(14-12-21)29(32)36/h2-16,18,25H,17,19H2,1H3,(H2,32,36)(H2,33,34,38)/t25-/m0/s1. The van der Waals surface area contributed by atoms with Gasteiger partial charge in [-0.1, -0.05) is 60.7 Å². The number of urea groups is 1. The van der Waals surface area contributed by atoms with Crippen molar-refractivity contribution in [2.24, 2.45) is 5.73 Å². The predicted octanol–water partition coefficient (Wildman–Crippen LogP) is 3.44. The highest BCUT2D eigenvalue weighted by atomic mass is 32.2. The molecule has 0 radical (unpaired) electrons. The summed E-state index contributed by atoms with van der Waals surface area (Å²) in [7, 11) is -2.85. The summed E-state index contributed by atoms with van der Waals surface area (Å²) in [6, 6.07) is 24.0. The maximum atomic E-state index is 13.7. The molecule has 0 saturated carbocycles. The van der Waals surface area contributed by atoms with E-state index in [9.17, 15) is 22.8 Å². The zero-order valence-corrected chi connectivity index (χ0v) is 23.8. The van der Waals surface area contributed by atoms with Gasteiger partial charge in [-0.25, -0.2) is 17.9 Å². The number of carbonyl (C=O) groups is 3. The molecule has 1 heterocycles. The Balaban J connectivity index is 1.37. The molecule has 0 bridgehead atoms. The van der Waals surface area contributed by atoms with E-state index in [2.05, 4.69) is 5.32 Å². The molecule has 5 rings (SSSR count). The zero-order valence-electron chi connectivity index (χ0n) is 23.0. The molecule has 220 valence electrons. The summed E-state index contributed by atoms with van der Waals surface area (Å²) in [5, 5.41) is 2.55. The third-order valence-electron chi connectivity index (χ3n) is 6.84. The molecule has 0 saturated heterocycles. The first-order valence-corrected chi connectivity index (χ1v) is 14.6. The van der Waals surface area contributed by atoms with Crippen LogP contribution in [0.1, 0.15) is 15.9 Å². The van der Waals surface area contributed by atoms with E-state index in [1.807, 2.05) is 10.8 Å². The quantitative estimate of drug-likeness (QED) is 0.266. The Morgan fingerprint density at radius 3 is 2.28 bits per heavy atom. The van der Waals surface area contributed by atoms with Gasteiger partial charge in [0.05, 0.1) is 4.90 Å². The first kappa shape index (κ1) is 29.1. The molecule has 1 aliphatic heterocycles. The second kappa shape index (κ2) is 12.2. The van der Waals surface area contributed by atoms with Gasteiger partial charge in [0.1, 0.15) is 6.04 Å². The van der Waals surface area contributed by atoms with Gasteiger partial charge >= 0.3 is 6.03 Å². The maximum Gasteiger partial charge on any atom is 0.329 e. The summed E-state index contributed by atoms with van der Waals surface area (Å²) in [6.45, 7) is 0.0745. The number of nitrogens with one attached hydrogen (secondary N) is 2. The number of anilines is 1. The molecular weight excluding hydrogens is 572 g/mol. The number of hydrogen-bond acceptors (Lipinski definition) is 7. The highest BCUT2D eigenvalue weighted by molar-refractivity contribution is 7.90. The number of nitrogens with two attached hydrogens (primary N) is 1. The number of amides is 4. The van der Waals surface area contributed by atoms with Crippen LogP contribution in [0.25, 0.3) is 11.1 Å². The molecule has 4 N–H and O–H groups in total. The van der Waals surface area contributed by atoms with Gasteiger partial charge in [-0.15, -0.1) is 0 Å². The molecule has 1 aliphatic rings. The molecule has 0 spiro atoms. The van der Waals surface area contributed by atoms with Crippen molar-refractivity contribution >= 4 is 33.6 Å². The fraction of sp³-hybridized carbons (Fsp3) is 0.129. The van der Waals surface area contributed by atoms with E-state index >= 15 is 0 Å². The minimum atomic E-state index is -4.40. The molecule has 0 unspecified atom stereocenters. The van der Waals surface area contributed by atoms with Crippen LogP contribution in [-0.4, -0.2) is 46.1 Å². The Bertz CT molecular complexity index is 1780. The van der Waals surface area contributed by atoms with Gasteiger partial charge in [0.2, 0.25) is 18.6 Å². The van der Waals surface area contributed by atoms with E-state index in [1.165, 1.54) is 29.2 Å². The summed E-state index contributed by atoms with van der Waals surface area (Å²) < 4.78 is 39.6. The van der Waals surface area contributed by atoms with Crippen molar-refractivity contribution in [3.05, 3.63) is 108 Å². The molecule has 4 aromatic rings. The minimum absolute atomic E-state index is 0.0745. The molecule has 12 heteroatoms. The lowest BCUT2D eigenvalue weighted by Crippen LogP contribution is -2.52. The van der Waals surface area contributed by atoms with Gasteiger partial charge < -0.3 is 25.4 Å². The van der Waals surface area contributed by atoms with Crippen LogP contribution in [0.3, 0.4) is 0 Å². The van der Waals surface area contributed by atoms with Crippen LogP contribution in [0, 0.1) is 0 Å². The lowest BCUT2D eigenvalue weighted by Gasteiger charge is -2.25. The van der Waals surface area contributed by atoms with Gasteiger partial charge in [0, 0.05) is 36.3 Å². The van der Waals surface area contributed by atoms with Crippen LogP contribution in [0.4, 0.5) is 10.5 Å². The van der Waals surface area contributed by atoms with Crippen molar-refractivity contribution in [1.29, 1.82) is 0 Å². The molecule has 4 amide bonds. The fourth-order valence-electron chi connectivity index (χ4n) is 4.62. The largest absolute Gasteiger partial charge is 0.454 e. The summed E-state index contributed by atoms with van der Waals surface area (Å²) in [5.74, 6) is -0.0616. The van der Waals surface area contributed by atoms with Crippen LogP contribution in [0.2, 0.25) is 0 Å². The van der Waals surface area contributed by atoms with Crippen LogP contribution >= 0.6 is 0 Å². The number of hydrogen-bond donors (Lipinski definition) is 3. The normalized spacial score (nSPS) is 12.7. The predicted molar refractivity (Wildman–Crippen MR) is 159 cm³/mol. The lowest BCUT2D eigenvalue weighted by atomic mass is 10.0. The number of likely N-dealkylation sites (N-methyl/N-ethyl adjacent to an activating group) is 1. The summed E-state index contributed by atoms with van der Waals surface area (Å²) in [5.41, 5.74) is 7.63. The van der Waals surface area contributed by atoms with Crippen LogP contribution in [-0.2, 0) is 21.2 Å². The van der Waals surface area contributed by atoms with Gasteiger partial charge in [0.15, 0.2) is 11.5 Å². The molecule has 0 aliphatic carbocycles. The Labute approximate surface area is 248 Å². The number of benzene rings is 4. The summed E-state index contributed by atoms with van der Waals surface area (Å²) >= 11 is 0. The third-order valence-corrected chi connectivity index (χ3v) is 8.23. The monoisotopic (exact) mass is 600 g/mol. The van der Waals surface area contributed by atoms with Gasteiger partial charge in [-0.3, -0.25) is 9.59 Å². The molecular formula is C31H28N4O7S. The molecule has 4 aromatic carbocycles. The number of fused-ring (bicyclic) bond motifs is 1. The van der Waals surface area contributed by atoms with Crippen molar-refractivity contribution in [2.45, 2.75) is 17.4 Å². The minimum Gasteiger partial charge on any atom is -0.454 e. The first-order valence-electron chi connectivity index (χ1n) is 13.2. The Kier molecular flexibility index (Phi) is 8.30. The summed E-state index contributed by atoms with van der Waals surface area (Å²) in [6.07, 6.45) is 0.102. The Morgan fingerprint density at radius 2 is 1.56 bits per heavy atom. The van der Waals surface area contributed by atoms with E-state index in [0.717, 1.165) is 5.56 Å². The smallest absolute Gasteiger partial charge is 0.329 e. The van der Waals surface area contributed by atoms with E-state index in [-0.39, 0.29) is 23.7 Å². The first-order chi connectivity index (χ1) is 20.6. The van der Waals surface area contributed by atoms with Gasteiger partial charge in [-0.05, 0) is 41.5 Å². The fourth-order valence-corrected chi connectivity index (χ4v) is 5.77. The SMILES string of the molecule is CN(C(=O)[C@H](Cc1ccccc1)NC(=O)NS(=O)(=O)c1ccccc1-c1ccc(C(N)=O)cc1)c1ccc2c(c1)OCO2. The Morgan fingerprint density at radius 1 is 0.884 bits per heavy atom. The average Bonchev–Trinajstić information content (AvgIpc) is 3.48. The van der Waals surface area contributed by atoms with Crippen LogP contribution in [0.15, 0.2) is 102 Å². The summed E-state index contributed by atoms with van der Waals surface area (Å²) in [4.78, 5) is 39.5. The van der Waals surface area contributed by atoms with Gasteiger partial charge in [0.25, 0.3) is 10.0 Å². The number of rotatable bonds is 9. The second-order valence-electron chi connectivity index (χ2n) is 9.69. The van der Waals surface area contributed by atoms with Crippen molar-refractivity contribution in [3.8, 4) is 22.6 Å². The van der Waals surface area contributed by atoms with Crippen molar-refractivity contribution < 1.29 is 32.3 Å². The molecule has 1 atom stereocenters. The number of sulfonamides is 1. The zero-order chi connectivity index (χ0) is 30.6. The maximum absolute atomic E-state index is 13.7. The molecule has 11 nitrogen and oxygen atoms in total. The second-order valence-corrected chi connectivity index (χ2v) is 11.3. The number of carbonyl (C=O) groups excluding carboxylic acids is 3. The van der Waals surface area contributed by atoms with E-state index < -0.39 is 33.9 Å². The van der Waals surface area contributed by atoms with E-state index in [4.69, 9.17) is 15.2 Å². The lowest BCUT2D eigenvalue weighted by molar-refractivity contribution is -0.120. The van der Waals surface area contributed by atoms with E-state index in [0.29, 0.717) is 28.3 Å². The number of ether oxygens (including phenoxy) is 2. The average molecular weight is 601 g/mol. The van der Waals surface area contributed by atoms with Crippen molar-refractivity contribution in [1.82, 2.24) is 10.0 Å². The van der Waals surface area contributed by atoms with E-state index in [1.54, 1.807) is 73.8 Å². The molecule has 43 heavy (non-hydrogen) atoms. The Hall–Kier alpha value is -5.36.